The summed E-state index contributed by atoms with van der Waals surface area (Å²) in [6.45, 7) is 0.476. The van der Waals surface area contributed by atoms with Crippen LogP contribution in [0.3, 0.4) is 0 Å². The lowest BCUT2D eigenvalue weighted by Gasteiger charge is -2.23. The number of alkyl halides is 3. The molecular formula is C31H30F4N6O3S2. The van der Waals surface area contributed by atoms with Crippen molar-refractivity contribution in [3.05, 3.63) is 102 Å². The second-order valence-electron chi connectivity index (χ2n) is 10.5. The number of nitrogens with zero attached hydrogens (tertiary/aromatic N) is 3. The standard InChI is InChI=1S/C31H30F4N6O3S2/c32-23-9-13-26(14-10-23)46(43,44)41-17-1-2-28(41)29(42)38-19-24-18-27(21-5-7-22(8-6-21)31(33,34)35)40-30(39-24)37-16-15-20-3-11-25(45-36)12-4-20/h3-14,18,28H,1-2,15-17,19,36H2,(H,38,42)(H,37,39,40)/t28-/m0/s1. The number of anilines is 1. The van der Waals surface area contributed by atoms with Gasteiger partial charge in [0.15, 0.2) is 0 Å². The number of carbonyl (C=O) groups excluding carboxylic acids is 1. The molecule has 3 aromatic carbocycles. The van der Waals surface area contributed by atoms with Crippen molar-refractivity contribution in [2.75, 3.05) is 18.4 Å². The average Bonchev–Trinajstić information content (AvgIpc) is 3.55. The molecule has 5 rings (SSSR count). The van der Waals surface area contributed by atoms with Gasteiger partial charge in [-0.1, -0.05) is 24.3 Å². The van der Waals surface area contributed by atoms with Gasteiger partial charge < -0.3 is 10.6 Å². The van der Waals surface area contributed by atoms with Gasteiger partial charge in [0.05, 0.1) is 28.4 Å². The van der Waals surface area contributed by atoms with Crippen molar-refractivity contribution in [1.29, 1.82) is 0 Å². The maximum Gasteiger partial charge on any atom is 0.416 e. The normalized spacial score (nSPS) is 15.5. The van der Waals surface area contributed by atoms with Crippen LogP contribution >= 0.6 is 11.9 Å². The molecule has 15 heteroatoms. The van der Waals surface area contributed by atoms with E-state index in [1.54, 1.807) is 6.07 Å². The predicted molar refractivity (Wildman–Crippen MR) is 166 cm³/mol. The minimum absolute atomic E-state index is 0.0944. The molecule has 4 aromatic rings. The minimum Gasteiger partial charge on any atom is -0.354 e. The van der Waals surface area contributed by atoms with Crippen LogP contribution in [0.5, 0.6) is 0 Å². The van der Waals surface area contributed by atoms with Crippen molar-refractivity contribution >= 4 is 33.8 Å². The first-order valence-corrected chi connectivity index (χ1v) is 16.6. The van der Waals surface area contributed by atoms with Gasteiger partial charge in [-0.2, -0.15) is 17.5 Å². The van der Waals surface area contributed by atoms with E-state index in [-0.39, 0.29) is 23.9 Å². The summed E-state index contributed by atoms with van der Waals surface area (Å²) in [7, 11) is -4.05. The van der Waals surface area contributed by atoms with E-state index in [0.717, 1.165) is 63.1 Å². The third-order valence-electron chi connectivity index (χ3n) is 7.41. The summed E-state index contributed by atoms with van der Waals surface area (Å²) in [5.41, 5.74) is 1.34. The molecule has 1 atom stereocenters. The number of carbonyl (C=O) groups is 1. The van der Waals surface area contributed by atoms with Crippen molar-refractivity contribution in [2.24, 2.45) is 5.14 Å². The van der Waals surface area contributed by atoms with Gasteiger partial charge in [0.1, 0.15) is 11.9 Å². The Labute approximate surface area is 267 Å². The summed E-state index contributed by atoms with van der Waals surface area (Å²) in [6.07, 6.45) is -3.11. The molecule has 46 heavy (non-hydrogen) atoms. The zero-order chi connectivity index (χ0) is 32.9. The molecule has 1 saturated heterocycles. The number of sulfonamides is 1. The van der Waals surface area contributed by atoms with Crippen molar-refractivity contribution in [2.45, 2.75) is 47.8 Å². The fourth-order valence-corrected chi connectivity index (χ4v) is 6.98. The summed E-state index contributed by atoms with van der Waals surface area (Å²) in [4.78, 5) is 23.0. The largest absolute Gasteiger partial charge is 0.416 e. The third-order valence-corrected chi connectivity index (χ3v) is 9.88. The lowest BCUT2D eigenvalue weighted by atomic mass is 10.1. The lowest BCUT2D eigenvalue weighted by Crippen LogP contribution is -2.45. The molecule has 0 aliphatic carbocycles. The molecule has 1 aliphatic rings. The van der Waals surface area contributed by atoms with Gasteiger partial charge in [0.25, 0.3) is 0 Å². The van der Waals surface area contributed by atoms with Crippen LogP contribution in [0.25, 0.3) is 11.3 Å². The highest BCUT2D eigenvalue weighted by Crippen LogP contribution is 2.31. The van der Waals surface area contributed by atoms with E-state index in [2.05, 4.69) is 20.6 Å². The second kappa shape index (κ2) is 14.2. The molecule has 0 radical (unpaired) electrons. The first-order valence-electron chi connectivity index (χ1n) is 14.2. The maximum absolute atomic E-state index is 13.4. The Morgan fingerprint density at radius 1 is 1.00 bits per heavy atom. The van der Waals surface area contributed by atoms with Crippen LogP contribution in [0.4, 0.5) is 23.5 Å². The van der Waals surface area contributed by atoms with Gasteiger partial charge in [0.2, 0.25) is 21.9 Å². The molecule has 1 amide bonds. The number of amides is 1. The van der Waals surface area contributed by atoms with Gasteiger partial charge >= 0.3 is 6.18 Å². The Bertz CT molecular complexity index is 1770. The van der Waals surface area contributed by atoms with E-state index < -0.39 is 39.5 Å². The zero-order valence-corrected chi connectivity index (χ0v) is 25.9. The minimum atomic E-state index is -4.49. The average molecular weight is 675 g/mol. The highest BCUT2D eigenvalue weighted by molar-refractivity contribution is 7.97. The lowest BCUT2D eigenvalue weighted by molar-refractivity contribution is -0.137. The summed E-state index contributed by atoms with van der Waals surface area (Å²) in [5, 5.41) is 11.5. The Balaban J connectivity index is 1.33. The summed E-state index contributed by atoms with van der Waals surface area (Å²) >= 11 is 1.14. The highest BCUT2D eigenvalue weighted by Gasteiger charge is 2.39. The Morgan fingerprint density at radius 3 is 2.35 bits per heavy atom. The van der Waals surface area contributed by atoms with E-state index in [4.69, 9.17) is 5.14 Å². The first-order chi connectivity index (χ1) is 21.9. The zero-order valence-electron chi connectivity index (χ0n) is 24.3. The van der Waals surface area contributed by atoms with Crippen LogP contribution in [0.1, 0.15) is 29.7 Å². The number of benzene rings is 3. The van der Waals surface area contributed by atoms with Crippen LogP contribution in [0.15, 0.2) is 88.7 Å². The van der Waals surface area contributed by atoms with Gasteiger partial charge in [0, 0.05) is 23.5 Å². The van der Waals surface area contributed by atoms with Gasteiger partial charge in [-0.25, -0.2) is 22.8 Å². The van der Waals surface area contributed by atoms with E-state index in [1.807, 2.05) is 24.3 Å². The van der Waals surface area contributed by atoms with Crippen LogP contribution in [0.2, 0.25) is 0 Å². The predicted octanol–water partition coefficient (Wildman–Crippen LogP) is 5.39. The molecule has 0 saturated carbocycles. The molecule has 1 fully saturated rings. The maximum atomic E-state index is 13.4. The third kappa shape index (κ3) is 8.02. The van der Waals surface area contributed by atoms with Gasteiger partial charge in [-0.3, -0.25) is 9.93 Å². The van der Waals surface area contributed by atoms with Crippen LogP contribution in [-0.4, -0.2) is 47.7 Å². The molecule has 0 unspecified atom stereocenters. The Hall–Kier alpha value is -4.05. The van der Waals surface area contributed by atoms with E-state index >= 15 is 0 Å². The molecule has 0 spiro atoms. The molecule has 4 N–H and O–H groups in total. The molecule has 242 valence electrons. The van der Waals surface area contributed by atoms with Crippen molar-refractivity contribution in [1.82, 2.24) is 19.6 Å². The number of halogens is 4. The van der Waals surface area contributed by atoms with Gasteiger partial charge in [-0.15, -0.1) is 0 Å². The van der Waals surface area contributed by atoms with Crippen molar-refractivity contribution in [3.8, 4) is 11.3 Å². The Kier molecular flexibility index (Phi) is 10.3. The summed E-state index contributed by atoms with van der Waals surface area (Å²) in [5.74, 6) is -0.909. The summed E-state index contributed by atoms with van der Waals surface area (Å²) < 4.78 is 80.4. The highest BCUT2D eigenvalue weighted by atomic mass is 32.2. The van der Waals surface area contributed by atoms with E-state index in [9.17, 15) is 30.8 Å². The fourth-order valence-electron chi connectivity index (χ4n) is 5.03. The number of nitrogens with one attached hydrogen (secondary N) is 2. The van der Waals surface area contributed by atoms with Gasteiger partial charge in [-0.05, 0) is 91.4 Å². The topological polar surface area (TPSA) is 130 Å². The molecule has 1 aromatic heterocycles. The van der Waals surface area contributed by atoms with Crippen LogP contribution in [-0.2, 0) is 34.0 Å². The van der Waals surface area contributed by atoms with E-state index in [1.165, 1.54) is 12.1 Å². The van der Waals surface area contributed by atoms with Crippen LogP contribution < -0.4 is 15.8 Å². The van der Waals surface area contributed by atoms with Crippen LogP contribution in [0, 0.1) is 5.82 Å². The Morgan fingerprint density at radius 2 is 1.70 bits per heavy atom. The molecular weight excluding hydrogens is 645 g/mol. The smallest absolute Gasteiger partial charge is 0.354 e. The van der Waals surface area contributed by atoms with E-state index in [0.29, 0.717) is 42.8 Å². The number of hydrogen-bond donors (Lipinski definition) is 3. The quantitative estimate of drug-likeness (QED) is 0.143. The molecule has 0 bridgehead atoms. The molecule has 2 heterocycles. The number of nitrogens with two attached hydrogens (primary N) is 1. The number of hydrogen-bond acceptors (Lipinski definition) is 8. The fraction of sp³-hybridized carbons (Fsp3) is 0.258. The monoisotopic (exact) mass is 674 g/mol. The number of rotatable bonds is 11. The second-order valence-corrected chi connectivity index (χ2v) is 13.1. The first kappa shape index (κ1) is 33.3. The molecule has 1 aliphatic heterocycles. The van der Waals surface area contributed by atoms with Crippen molar-refractivity contribution < 1.29 is 30.8 Å². The SMILES string of the molecule is NSc1ccc(CCNc2nc(CNC(=O)[C@@H]3CCCN3S(=O)(=O)c3ccc(F)cc3)cc(-c3ccc(C(F)(F)F)cc3)n2)cc1. The summed E-state index contributed by atoms with van der Waals surface area (Å²) in [6, 6.07) is 17.2. The number of aromatic nitrogens is 2. The molecule has 9 nitrogen and oxygen atoms in total. The van der Waals surface area contributed by atoms with Crippen molar-refractivity contribution in [3.63, 3.8) is 0 Å².